The largest absolute Gasteiger partial charge is 0.385 e. The minimum atomic E-state index is -0.724. The lowest BCUT2D eigenvalue weighted by Gasteiger charge is -2.33. The maximum absolute atomic E-state index is 10.6. The minimum Gasteiger partial charge on any atom is -0.385 e. The first kappa shape index (κ1) is 10.4. The molecule has 15 heavy (non-hydrogen) atoms. The van der Waals surface area contributed by atoms with Crippen LogP contribution in [0.15, 0.2) is 42.5 Å². The average molecular weight is 202 g/mol. The van der Waals surface area contributed by atoms with Crippen molar-refractivity contribution < 1.29 is 5.11 Å². The Balaban J connectivity index is 2.26. The standard InChI is InChI=1S/C14H18O/c1-14(15,12-8-4-2-5-9-12)13-10-6-3-7-11-13/h2,4-6,8-10,13,15H,3,7,11H2,1H3/t13-,14-/m1/s1. The van der Waals surface area contributed by atoms with Crippen LogP contribution in [0.4, 0.5) is 0 Å². The first-order valence-corrected chi connectivity index (χ1v) is 5.66. The lowest BCUT2D eigenvalue weighted by Crippen LogP contribution is -2.31. The van der Waals surface area contributed by atoms with E-state index in [-0.39, 0.29) is 5.92 Å². The summed E-state index contributed by atoms with van der Waals surface area (Å²) < 4.78 is 0. The second-order valence-corrected chi connectivity index (χ2v) is 4.48. The van der Waals surface area contributed by atoms with Crippen LogP contribution in [0.2, 0.25) is 0 Å². The van der Waals surface area contributed by atoms with Crippen molar-refractivity contribution in [3.63, 3.8) is 0 Å². The Kier molecular flexibility index (Phi) is 2.92. The Labute approximate surface area is 91.4 Å². The number of hydrogen-bond acceptors (Lipinski definition) is 1. The van der Waals surface area contributed by atoms with Crippen LogP contribution < -0.4 is 0 Å². The summed E-state index contributed by atoms with van der Waals surface area (Å²) in [7, 11) is 0. The van der Waals surface area contributed by atoms with Crippen molar-refractivity contribution >= 4 is 0 Å². The molecule has 0 aromatic heterocycles. The van der Waals surface area contributed by atoms with Crippen molar-refractivity contribution in [3.05, 3.63) is 48.0 Å². The zero-order valence-electron chi connectivity index (χ0n) is 9.19. The van der Waals surface area contributed by atoms with Gasteiger partial charge < -0.3 is 5.11 Å². The summed E-state index contributed by atoms with van der Waals surface area (Å²) in [5.74, 6) is 0.258. The fourth-order valence-corrected chi connectivity index (χ4v) is 2.27. The highest BCUT2D eigenvalue weighted by Crippen LogP contribution is 2.35. The zero-order valence-corrected chi connectivity index (χ0v) is 9.19. The van der Waals surface area contributed by atoms with Crippen LogP contribution in [0.3, 0.4) is 0 Å². The molecule has 0 saturated carbocycles. The molecule has 2 atom stereocenters. The van der Waals surface area contributed by atoms with E-state index in [1.165, 1.54) is 6.42 Å². The van der Waals surface area contributed by atoms with Crippen molar-refractivity contribution in [1.82, 2.24) is 0 Å². The van der Waals surface area contributed by atoms with Gasteiger partial charge in [0.2, 0.25) is 0 Å². The van der Waals surface area contributed by atoms with E-state index < -0.39 is 5.60 Å². The Morgan fingerprint density at radius 3 is 2.60 bits per heavy atom. The van der Waals surface area contributed by atoms with E-state index in [4.69, 9.17) is 0 Å². The molecule has 1 aliphatic rings. The highest BCUT2D eigenvalue weighted by Gasteiger charge is 2.32. The van der Waals surface area contributed by atoms with Crippen LogP contribution in [-0.2, 0) is 5.60 Å². The summed E-state index contributed by atoms with van der Waals surface area (Å²) in [6, 6.07) is 9.95. The maximum atomic E-state index is 10.6. The molecule has 0 heterocycles. The van der Waals surface area contributed by atoms with Crippen LogP contribution in [0.5, 0.6) is 0 Å². The predicted molar refractivity (Wildman–Crippen MR) is 62.5 cm³/mol. The molecule has 1 aromatic rings. The third-order valence-electron chi connectivity index (χ3n) is 3.33. The van der Waals surface area contributed by atoms with Crippen LogP contribution in [0.1, 0.15) is 31.7 Å². The van der Waals surface area contributed by atoms with E-state index in [0.29, 0.717) is 0 Å². The minimum absolute atomic E-state index is 0.258. The van der Waals surface area contributed by atoms with Gasteiger partial charge in [0.15, 0.2) is 0 Å². The third kappa shape index (κ3) is 2.13. The van der Waals surface area contributed by atoms with E-state index in [9.17, 15) is 5.11 Å². The molecule has 1 aromatic carbocycles. The number of benzene rings is 1. The van der Waals surface area contributed by atoms with Crippen LogP contribution >= 0.6 is 0 Å². The normalized spacial score (nSPS) is 24.8. The van der Waals surface area contributed by atoms with Gasteiger partial charge in [0.1, 0.15) is 0 Å². The summed E-state index contributed by atoms with van der Waals surface area (Å²) in [5.41, 5.74) is 0.291. The van der Waals surface area contributed by atoms with Gasteiger partial charge in [0.25, 0.3) is 0 Å². The molecule has 0 fully saturated rings. The SMILES string of the molecule is C[C@@](O)(c1ccccc1)[C@@H]1C=CCCC1. The van der Waals surface area contributed by atoms with Crippen LogP contribution in [-0.4, -0.2) is 5.11 Å². The zero-order chi connectivity index (χ0) is 10.7. The fraction of sp³-hybridized carbons (Fsp3) is 0.429. The first-order chi connectivity index (χ1) is 7.21. The van der Waals surface area contributed by atoms with Crippen LogP contribution in [0.25, 0.3) is 0 Å². The van der Waals surface area contributed by atoms with Gasteiger partial charge in [0, 0.05) is 5.92 Å². The summed E-state index contributed by atoms with van der Waals surface area (Å²) in [4.78, 5) is 0. The van der Waals surface area contributed by atoms with E-state index >= 15 is 0 Å². The van der Waals surface area contributed by atoms with Gasteiger partial charge in [-0.2, -0.15) is 0 Å². The molecule has 0 spiro atoms. The van der Waals surface area contributed by atoms with E-state index in [1.54, 1.807) is 0 Å². The summed E-state index contributed by atoms with van der Waals surface area (Å²) in [6.45, 7) is 1.92. The predicted octanol–water partition coefficient (Wildman–Crippen LogP) is 3.25. The second kappa shape index (κ2) is 4.19. The maximum Gasteiger partial charge on any atom is 0.0930 e. The molecule has 1 aliphatic carbocycles. The van der Waals surface area contributed by atoms with E-state index in [2.05, 4.69) is 12.2 Å². The summed E-state index contributed by atoms with van der Waals surface area (Å²) >= 11 is 0. The van der Waals surface area contributed by atoms with Gasteiger partial charge in [-0.25, -0.2) is 0 Å². The van der Waals surface area contributed by atoms with Crippen molar-refractivity contribution in [1.29, 1.82) is 0 Å². The van der Waals surface area contributed by atoms with Gasteiger partial charge in [-0.1, -0.05) is 42.5 Å². The van der Waals surface area contributed by atoms with E-state index in [1.807, 2.05) is 37.3 Å². The molecule has 80 valence electrons. The molecular formula is C14H18O. The first-order valence-electron chi connectivity index (χ1n) is 5.66. The van der Waals surface area contributed by atoms with Crippen LogP contribution in [0, 0.1) is 5.92 Å². The van der Waals surface area contributed by atoms with Crippen molar-refractivity contribution in [2.75, 3.05) is 0 Å². The molecule has 1 heteroatoms. The molecule has 0 aliphatic heterocycles. The quantitative estimate of drug-likeness (QED) is 0.730. The van der Waals surface area contributed by atoms with Gasteiger partial charge in [0.05, 0.1) is 5.60 Å². The Bertz CT molecular complexity index is 338. The molecule has 0 bridgehead atoms. The molecule has 0 radical (unpaired) electrons. The highest BCUT2D eigenvalue weighted by molar-refractivity contribution is 5.24. The van der Waals surface area contributed by atoms with Gasteiger partial charge in [-0.3, -0.25) is 0 Å². The lowest BCUT2D eigenvalue weighted by molar-refractivity contribution is 0.00800. The highest BCUT2D eigenvalue weighted by atomic mass is 16.3. The molecule has 0 amide bonds. The number of allylic oxidation sites excluding steroid dienone is 1. The monoisotopic (exact) mass is 202 g/mol. The van der Waals surface area contributed by atoms with E-state index in [0.717, 1.165) is 18.4 Å². The molecule has 0 saturated heterocycles. The molecular weight excluding hydrogens is 184 g/mol. The molecule has 0 unspecified atom stereocenters. The smallest absolute Gasteiger partial charge is 0.0930 e. The third-order valence-corrected chi connectivity index (χ3v) is 3.33. The lowest BCUT2D eigenvalue weighted by atomic mass is 9.78. The average Bonchev–Trinajstić information content (AvgIpc) is 2.31. The second-order valence-electron chi connectivity index (χ2n) is 4.48. The summed E-state index contributed by atoms with van der Waals surface area (Å²) in [6.07, 6.45) is 7.77. The topological polar surface area (TPSA) is 20.2 Å². The van der Waals surface area contributed by atoms with Crippen molar-refractivity contribution in [3.8, 4) is 0 Å². The fourth-order valence-electron chi connectivity index (χ4n) is 2.27. The van der Waals surface area contributed by atoms with Gasteiger partial charge in [-0.15, -0.1) is 0 Å². The molecule has 1 nitrogen and oxygen atoms in total. The van der Waals surface area contributed by atoms with Gasteiger partial charge >= 0.3 is 0 Å². The number of rotatable bonds is 2. The Hall–Kier alpha value is -1.08. The van der Waals surface area contributed by atoms with Gasteiger partial charge in [-0.05, 0) is 31.7 Å². The number of hydrogen-bond donors (Lipinski definition) is 1. The Morgan fingerprint density at radius 1 is 1.27 bits per heavy atom. The number of aliphatic hydroxyl groups is 1. The van der Waals surface area contributed by atoms with Crippen molar-refractivity contribution in [2.45, 2.75) is 31.8 Å². The Morgan fingerprint density at radius 2 is 2.00 bits per heavy atom. The summed E-state index contributed by atoms with van der Waals surface area (Å²) in [5, 5.41) is 10.6. The molecule has 2 rings (SSSR count). The van der Waals surface area contributed by atoms with Crippen molar-refractivity contribution in [2.24, 2.45) is 5.92 Å². The molecule has 1 N–H and O–H groups in total.